The number of ether oxygens (including phenoxy) is 1. The summed E-state index contributed by atoms with van der Waals surface area (Å²) in [5.74, 6) is -0.665. The molecule has 2 aromatic carbocycles. The minimum atomic E-state index is -0.612. The van der Waals surface area contributed by atoms with Gasteiger partial charge in [0.15, 0.2) is 0 Å². The number of aromatic hydroxyl groups is 1. The number of rotatable bonds is 6. The Kier molecular flexibility index (Phi) is 5.36. The van der Waals surface area contributed by atoms with Crippen molar-refractivity contribution in [2.45, 2.75) is 19.8 Å². The van der Waals surface area contributed by atoms with Gasteiger partial charge in [-0.15, -0.1) is 0 Å². The maximum absolute atomic E-state index is 12.1. The number of hydrogen-bond donors (Lipinski definition) is 1. The number of phenolic OH excluding ortho intramolecular Hbond substituents is 1. The molecule has 0 aliphatic rings. The molecule has 0 bridgehead atoms. The predicted molar refractivity (Wildman–Crippen MR) is 88.5 cm³/mol. The van der Waals surface area contributed by atoms with Gasteiger partial charge >= 0.3 is 0 Å². The number of phenols is 1. The van der Waals surface area contributed by atoms with Gasteiger partial charge in [-0.3, -0.25) is 15.1 Å². The molecular formula is C17H17N2O5-. The normalized spacial score (nSPS) is 10.9. The van der Waals surface area contributed by atoms with Crippen LogP contribution in [-0.4, -0.2) is 23.4 Å². The van der Waals surface area contributed by atoms with Gasteiger partial charge in [0.05, 0.1) is 18.1 Å². The molecule has 7 heteroatoms. The predicted octanol–water partition coefficient (Wildman–Crippen LogP) is 3.09. The van der Waals surface area contributed by atoms with Crippen molar-refractivity contribution in [1.29, 1.82) is 0 Å². The number of aryl methyl sites for hydroxylation is 1. The first-order valence-corrected chi connectivity index (χ1v) is 7.35. The lowest BCUT2D eigenvalue weighted by Gasteiger charge is -2.15. The molecule has 0 atom stereocenters. The summed E-state index contributed by atoms with van der Waals surface area (Å²) in [7, 11) is 1.27. The Bertz CT molecular complexity index is 787. The second kappa shape index (κ2) is 7.45. The Hall–Kier alpha value is -3.09. The summed E-state index contributed by atoms with van der Waals surface area (Å²) in [4.78, 5) is 14.4. The van der Waals surface area contributed by atoms with Crippen molar-refractivity contribution < 1.29 is 19.9 Å². The minimum absolute atomic E-state index is 0.0151. The molecule has 0 spiro atoms. The molecule has 0 saturated carbocycles. The van der Waals surface area contributed by atoms with Crippen LogP contribution in [0.15, 0.2) is 35.3 Å². The van der Waals surface area contributed by atoms with E-state index in [-0.39, 0.29) is 22.7 Å². The highest BCUT2D eigenvalue weighted by atomic mass is 16.6. The Balaban J connectivity index is 2.43. The maximum atomic E-state index is 12.1. The molecule has 0 unspecified atom stereocenters. The highest BCUT2D eigenvalue weighted by molar-refractivity contribution is 5.88. The monoisotopic (exact) mass is 329 g/mol. The molecule has 7 nitrogen and oxygen atoms in total. The summed E-state index contributed by atoms with van der Waals surface area (Å²) in [6.07, 6.45) is 2.98. The van der Waals surface area contributed by atoms with Crippen molar-refractivity contribution in [2.24, 2.45) is 4.99 Å². The average molecular weight is 329 g/mol. The summed E-state index contributed by atoms with van der Waals surface area (Å²) < 4.78 is 4.88. The van der Waals surface area contributed by atoms with Crippen LogP contribution in [0, 0.1) is 10.1 Å². The first-order valence-electron chi connectivity index (χ1n) is 7.35. The van der Waals surface area contributed by atoms with Crippen molar-refractivity contribution in [3.05, 3.63) is 51.6 Å². The van der Waals surface area contributed by atoms with E-state index in [1.165, 1.54) is 19.4 Å². The quantitative estimate of drug-likeness (QED) is 0.497. The molecule has 126 valence electrons. The zero-order valence-corrected chi connectivity index (χ0v) is 13.4. The van der Waals surface area contributed by atoms with E-state index in [2.05, 4.69) is 4.99 Å². The van der Waals surface area contributed by atoms with E-state index in [1.807, 2.05) is 6.92 Å². The number of benzene rings is 2. The van der Waals surface area contributed by atoms with Gasteiger partial charge in [-0.1, -0.05) is 25.2 Å². The van der Waals surface area contributed by atoms with Crippen LogP contribution in [0.3, 0.4) is 0 Å². The number of hydrogen-bond acceptors (Lipinski definition) is 6. The van der Waals surface area contributed by atoms with Crippen LogP contribution >= 0.6 is 0 Å². The molecule has 1 N–H and O–H groups in total. The third kappa shape index (κ3) is 3.81. The first kappa shape index (κ1) is 17.3. The zero-order valence-electron chi connectivity index (χ0n) is 13.4. The van der Waals surface area contributed by atoms with Gasteiger partial charge in [-0.25, -0.2) is 0 Å². The summed E-state index contributed by atoms with van der Waals surface area (Å²) in [6, 6.07) is 7.24. The summed E-state index contributed by atoms with van der Waals surface area (Å²) in [5, 5.41) is 33.0. The zero-order chi connectivity index (χ0) is 17.7. The van der Waals surface area contributed by atoms with Crippen LogP contribution in [-0.2, 0) is 6.42 Å². The van der Waals surface area contributed by atoms with E-state index in [4.69, 9.17) is 4.74 Å². The minimum Gasteiger partial charge on any atom is -0.870 e. The molecule has 0 saturated heterocycles. The lowest BCUT2D eigenvalue weighted by Crippen LogP contribution is -2.02. The summed E-state index contributed by atoms with van der Waals surface area (Å²) >= 11 is 0. The van der Waals surface area contributed by atoms with Crippen LogP contribution in [0.5, 0.6) is 17.2 Å². The molecular weight excluding hydrogens is 312 g/mol. The van der Waals surface area contributed by atoms with Gasteiger partial charge in [-0.2, -0.15) is 0 Å². The molecule has 0 radical (unpaired) electrons. The van der Waals surface area contributed by atoms with Crippen molar-refractivity contribution in [3.8, 4) is 17.2 Å². The number of nitro groups is 1. The summed E-state index contributed by atoms with van der Waals surface area (Å²) in [6.45, 7) is 2.04. The number of nitrogens with zero attached hydrogens (tertiary/aromatic N) is 2. The lowest BCUT2D eigenvalue weighted by atomic mass is 10.1. The highest BCUT2D eigenvalue weighted by Crippen LogP contribution is 2.33. The van der Waals surface area contributed by atoms with Crippen LogP contribution in [0.4, 0.5) is 11.4 Å². The first-order chi connectivity index (χ1) is 11.5. The van der Waals surface area contributed by atoms with Gasteiger partial charge in [0.25, 0.3) is 5.69 Å². The fraction of sp³-hybridized carbons (Fsp3) is 0.235. The second-order valence-corrected chi connectivity index (χ2v) is 5.15. The van der Waals surface area contributed by atoms with Gasteiger partial charge in [0.2, 0.25) is 0 Å². The molecule has 0 aliphatic heterocycles. The van der Waals surface area contributed by atoms with E-state index in [0.717, 1.165) is 30.5 Å². The van der Waals surface area contributed by atoms with Crippen LogP contribution in [0.25, 0.3) is 0 Å². The van der Waals surface area contributed by atoms with E-state index >= 15 is 0 Å². The number of nitro benzene ring substituents is 1. The molecule has 0 heterocycles. The molecule has 0 amide bonds. The van der Waals surface area contributed by atoms with Crippen LogP contribution < -0.4 is 9.84 Å². The fourth-order valence-corrected chi connectivity index (χ4v) is 2.22. The smallest absolute Gasteiger partial charge is 0.273 e. The van der Waals surface area contributed by atoms with Crippen LogP contribution in [0.2, 0.25) is 0 Å². The second-order valence-electron chi connectivity index (χ2n) is 5.15. The third-order valence-corrected chi connectivity index (χ3v) is 3.42. The Morgan fingerprint density at radius 3 is 2.71 bits per heavy atom. The van der Waals surface area contributed by atoms with Crippen molar-refractivity contribution >= 4 is 17.6 Å². The van der Waals surface area contributed by atoms with Crippen molar-refractivity contribution in [2.75, 3.05) is 7.11 Å². The Morgan fingerprint density at radius 1 is 1.33 bits per heavy atom. The largest absolute Gasteiger partial charge is 0.870 e. The number of aliphatic imine (C=N–C) groups is 1. The van der Waals surface area contributed by atoms with E-state index in [1.54, 1.807) is 12.1 Å². The van der Waals surface area contributed by atoms with E-state index in [0.29, 0.717) is 5.69 Å². The number of non-ortho nitro benzene ring substituents is 1. The molecule has 2 rings (SSSR count). The molecule has 24 heavy (non-hydrogen) atoms. The topological polar surface area (TPSA) is 108 Å². The lowest BCUT2D eigenvalue weighted by molar-refractivity contribution is -0.385. The molecule has 2 aromatic rings. The van der Waals surface area contributed by atoms with Gasteiger partial charge in [0, 0.05) is 12.3 Å². The highest BCUT2D eigenvalue weighted by Gasteiger charge is 2.11. The van der Waals surface area contributed by atoms with Crippen LogP contribution in [0.1, 0.15) is 24.5 Å². The summed E-state index contributed by atoms with van der Waals surface area (Å²) in [5.41, 5.74) is 1.05. The SMILES string of the molecule is CCCc1ccc(O)c(N=Cc2cc([N+](=O)[O-])cc(OC)c2[O-])c1. The Morgan fingerprint density at radius 2 is 2.08 bits per heavy atom. The fourth-order valence-electron chi connectivity index (χ4n) is 2.22. The molecule has 0 aromatic heterocycles. The van der Waals surface area contributed by atoms with Crippen molar-refractivity contribution in [3.63, 3.8) is 0 Å². The van der Waals surface area contributed by atoms with Gasteiger partial charge in [-0.05, 0) is 29.7 Å². The van der Waals surface area contributed by atoms with Gasteiger partial charge in [0.1, 0.15) is 17.2 Å². The van der Waals surface area contributed by atoms with Crippen molar-refractivity contribution in [1.82, 2.24) is 0 Å². The number of methoxy groups -OCH3 is 1. The third-order valence-electron chi connectivity index (χ3n) is 3.42. The molecule has 0 aliphatic carbocycles. The average Bonchev–Trinajstić information content (AvgIpc) is 2.56. The Labute approximate surface area is 139 Å². The van der Waals surface area contributed by atoms with E-state index in [9.17, 15) is 20.3 Å². The molecule has 0 fully saturated rings. The van der Waals surface area contributed by atoms with E-state index < -0.39 is 10.7 Å². The van der Waals surface area contributed by atoms with Gasteiger partial charge < -0.3 is 14.9 Å². The standard InChI is InChI=1S/C17H18N2O5/c1-3-4-11-5-6-15(20)14(7-11)18-10-12-8-13(19(22)23)9-16(24-2)17(12)21/h5-10,20-21H,3-4H2,1-2H3/p-1. The maximum Gasteiger partial charge on any atom is 0.273 e.